The van der Waals surface area contributed by atoms with Crippen LogP contribution in [-0.2, 0) is 9.57 Å². The molecule has 1 fully saturated rings. The SMILES string of the molecule is CC(C)(C)OC(=O)N1CCC2(CC(C#Cc3cccc(Cl)c3)=NO2)C1. The van der Waals surface area contributed by atoms with Crippen molar-refractivity contribution in [1.82, 2.24) is 4.90 Å². The number of likely N-dealkylation sites (tertiary alicyclic amines) is 1. The first-order valence-electron chi connectivity index (χ1n) is 8.25. The van der Waals surface area contributed by atoms with Gasteiger partial charge in [-0.25, -0.2) is 4.79 Å². The highest BCUT2D eigenvalue weighted by molar-refractivity contribution is 6.30. The Morgan fingerprint density at radius 3 is 2.92 bits per heavy atom. The minimum absolute atomic E-state index is 0.313. The Kier molecular flexibility index (Phi) is 4.66. The van der Waals surface area contributed by atoms with Gasteiger partial charge in [0.1, 0.15) is 11.3 Å². The summed E-state index contributed by atoms with van der Waals surface area (Å²) in [4.78, 5) is 19.5. The van der Waals surface area contributed by atoms with E-state index in [0.717, 1.165) is 12.0 Å². The minimum atomic E-state index is -0.506. The summed E-state index contributed by atoms with van der Waals surface area (Å²) in [5.41, 5.74) is 0.534. The molecule has 132 valence electrons. The van der Waals surface area contributed by atoms with Crippen LogP contribution in [0.2, 0.25) is 5.02 Å². The Bertz CT molecular complexity index is 773. The molecule has 6 heteroatoms. The number of oxime groups is 1. The number of rotatable bonds is 0. The maximum atomic E-state index is 12.2. The van der Waals surface area contributed by atoms with Crippen LogP contribution in [0.15, 0.2) is 29.4 Å². The highest BCUT2D eigenvalue weighted by atomic mass is 35.5. The molecule has 1 amide bonds. The number of carbonyl (C=O) groups is 1. The molecule has 1 spiro atoms. The second kappa shape index (κ2) is 6.61. The van der Waals surface area contributed by atoms with Gasteiger partial charge in [-0.3, -0.25) is 0 Å². The van der Waals surface area contributed by atoms with Crippen molar-refractivity contribution in [2.75, 3.05) is 13.1 Å². The van der Waals surface area contributed by atoms with E-state index in [9.17, 15) is 4.79 Å². The predicted octanol–water partition coefficient (Wildman–Crippen LogP) is 3.85. The smallest absolute Gasteiger partial charge is 0.410 e. The normalized spacial score (nSPS) is 22.2. The third-order valence-electron chi connectivity index (χ3n) is 3.98. The van der Waals surface area contributed by atoms with Gasteiger partial charge in [0.05, 0.1) is 6.54 Å². The topological polar surface area (TPSA) is 51.1 Å². The zero-order valence-electron chi connectivity index (χ0n) is 14.6. The van der Waals surface area contributed by atoms with E-state index in [1.165, 1.54) is 0 Å². The lowest BCUT2D eigenvalue weighted by molar-refractivity contribution is -0.0159. The van der Waals surface area contributed by atoms with Crippen molar-refractivity contribution in [2.24, 2.45) is 5.16 Å². The second-order valence-corrected chi connectivity index (χ2v) is 7.84. The number of carbonyl (C=O) groups excluding carboxylic acids is 1. The van der Waals surface area contributed by atoms with Gasteiger partial charge < -0.3 is 14.5 Å². The summed E-state index contributed by atoms with van der Waals surface area (Å²) in [6, 6.07) is 7.36. The molecule has 1 atom stereocenters. The summed E-state index contributed by atoms with van der Waals surface area (Å²) in [6.45, 7) is 6.63. The molecule has 0 aliphatic carbocycles. The molecule has 1 aromatic rings. The van der Waals surface area contributed by atoms with Gasteiger partial charge in [-0.05, 0) is 44.9 Å². The quantitative estimate of drug-likeness (QED) is 0.660. The molecule has 3 rings (SSSR count). The van der Waals surface area contributed by atoms with E-state index in [0.29, 0.717) is 30.2 Å². The summed E-state index contributed by atoms with van der Waals surface area (Å²) in [7, 11) is 0. The first-order valence-corrected chi connectivity index (χ1v) is 8.63. The van der Waals surface area contributed by atoms with Gasteiger partial charge in [-0.15, -0.1) is 0 Å². The molecule has 0 N–H and O–H groups in total. The molecule has 5 nitrogen and oxygen atoms in total. The van der Waals surface area contributed by atoms with Gasteiger partial charge in [-0.1, -0.05) is 28.7 Å². The van der Waals surface area contributed by atoms with E-state index in [-0.39, 0.29) is 6.09 Å². The average Bonchev–Trinajstić information content (AvgIpc) is 3.11. The molecular formula is C19H21ClN2O3. The fourth-order valence-corrected chi connectivity index (χ4v) is 3.04. The van der Waals surface area contributed by atoms with Gasteiger partial charge >= 0.3 is 6.09 Å². The lowest BCUT2D eigenvalue weighted by Crippen LogP contribution is -2.39. The van der Waals surface area contributed by atoms with Gasteiger partial charge in [0, 0.05) is 30.0 Å². The van der Waals surface area contributed by atoms with Crippen molar-refractivity contribution in [3.8, 4) is 11.8 Å². The van der Waals surface area contributed by atoms with Crippen LogP contribution < -0.4 is 0 Å². The monoisotopic (exact) mass is 360 g/mol. The third kappa shape index (κ3) is 4.46. The van der Waals surface area contributed by atoms with Gasteiger partial charge in [0.15, 0.2) is 5.60 Å². The molecular weight excluding hydrogens is 340 g/mol. The van der Waals surface area contributed by atoms with Gasteiger partial charge in [0.2, 0.25) is 0 Å². The summed E-state index contributed by atoms with van der Waals surface area (Å²) < 4.78 is 5.42. The van der Waals surface area contributed by atoms with E-state index in [1.807, 2.05) is 39.0 Å². The van der Waals surface area contributed by atoms with Crippen molar-refractivity contribution < 1.29 is 14.4 Å². The van der Waals surface area contributed by atoms with Gasteiger partial charge in [0.25, 0.3) is 0 Å². The number of hydrogen-bond donors (Lipinski definition) is 0. The molecule has 0 radical (unpaired) electrons. The lowest BCUT2D eigenvalue weighted by Gasteiger charge is -2.25. The zero-order chi connectivity index (χ0) is 18.1. The fourth-order valence-electron chi connectivity index (χ4n) is 2.84. The number of hydrogen-bond acceptors (Lipinski definition) is 4. The van der Waals surface area contributed by atoms with Crippen molar-refractivity contribution in [3.63, 3.8) is 0 Å². The van der Waals surface area contributed by atoms with Crippen molar-refractivity contribution in [1.29, 1.82) is 0 Å². The van der Waals surface area contributed by atoms with Crippen LogP contribution in [0, 0.1) is 11.8 Å². The minimum Gasteiger partial charge on any atom is -0.444 e. The van der Waals surface area contributed by atoms with Crippen LogP contribution in [0.25, 0.3) is 0 Å². The largest absolute Gasteiger partial charge is 0.444 e. The van der Waals surface area contributed by atoms with Crippen LogP contribution in [0.5, 0.6) is 0 Å². The van der Waals surface area contributed by atoms with Crippen molar-refractivity contribution in [3.05, 3.63) is 34.9 Å². The summed E-state index contributed by atoms with van der Waals surface area (Å²) >= 11 is 5.96. The first kappa shape index (κ1) is 17.6. The van der Waals surface area contributed by atoms with Crippen LogP contribution in [-0.4, -0.2) is 41.0 Å². The lowest BCUT2D eigenvalue weighted by atomic mass is 9.97. The average molecular weight is 361 g/mol. The number of amides is 1. The maximum absolute atomic E-state index is 12.2. The van der Waals surface area contributed by atoms with Crippen LogP contribution in [0.3, 0.4) is 0 Å². The van der Waals surface area contributed by atoms with E-state index in [2.05, 4.69) is 17.0 Å². The van der Waals surface area contributed by atoms with Crippen LogP contribution in [0.4, 0.5) is 4.79 Å². The zero-order valence-corrected chi connectivity index (χ0v) is 15.4. The molecule has 2 heterocycles. The molecule has 2 aliphatic rings. The number of ether oxygens (including phenoxy) is 1. The summed E-state index contributed by atoms with van der Waals surface area (Å²) in [5, 5.41) is 4.76. The standard InChI is InChI=1S/C19H21ClN2O3/c1-18(2,3)24-17(23)22-10-9-19(13-22)12-16(21-25-19)8-7-14-5-4-6-15(20)11-14/h4-6,11H,9-10,12-13H2,1-3H3. The Morgan fingerprint density at radius 2 is 2.20 bits per heavy atom. The molecule has 2 aliphatic heterocycles. The Balaban J connectivity index is 1.60. The van der Waals surface area contributed by atoms with E-state index in [4.69, 9.17) is 21.2 Å². The van der Waals surface area contributed by atoms with E-state index in [1.54, 1.807) is 11.0 Å². The predicted molar refractivity (Wildman–Crippen MR) is 96.6 cm³/mol. The molecule has 25 heavy (non-hydrogen) atoms. The Morgan fingerprint density at radius 1 is 1.40 bits per heavy atom. The van der Waals surface area contributed by atoms with Gasteiger partial charge in [-0.2, -0.15) is 0 Å². The first-order chi connectivity index (χ1) is 11.7. The maximum Gasteiger partial charge on any atom is 0.410 e. The number of halogens is 1. The highest BCUT2D eigenvalue weighted by Gasteiger charge is 2.47. The summed E-state index contributed by atoms with van der Waals surface area (Å²) in [5.74, 6) is 6.09. The molecule has 1 saturated heterocycles. The number of nitrogens with zero attached hydrogens (tertiary/aromatic N) is 2. The highest BCUT2D eigenvalue weighted by Crippen LogP contribution is 2.34. The van der Waals surface area contributed by atoms with E-state index >= 15 is 0 Å². The second-order valence-electron chi connectivity index (χ2n) is 7.40. The van der Waals surface area contributed by atoms with Crippen molar-refractivity contribution >= 4 is 23.4 Å². The third-order valence-corrected chi connectivity index (χ3v) is 4.22. The number of benzene rings is 1. The van der Waals surface area contributed by atoms with Crippen LogP contribution in [0.1, 0.15) is 39.2 Å². The van der Waals surface area contributed by atoms with Crippen molar-refractivity contribution in [2.45, 2.75) is 44.8 Å². The molecule has 0 saturated carbocycles. The van der Waals surface area contributed by atoms with Crippen LogP contribution >= 0.6 is 11.6 Å². The Labute approximate surface area is 152 Å². The summed E-state index contributed by atoms with van der Waals surface area (Å²) in [6.07, 6.45) is 1.00. The molecule has 1 aromatic carbocycles. The Hall–Kier alpha value is -2.19. The van der Waals surface area contributed by atoms with E-state index < -0.39 is 11.2 Å². The molecule has 0 aromatic heterocycles. The fraction of sp³-hybridized carbons (Fsp3) is 0.474. The molecule has 1 unspecified atom stereocenters. The molecule has 0 bridgehead atoms.